The van der Waals surface area contributed by atoms with Gasteiger partial charge >= 0.3 is 0 Å². The maximum atomic E-state index is 12.4. The van der Waals surface area contributed by atoms with E-state index < -0.39 is 0 Å². The highest BCUT2D eigenvalue weighted by Crippen LogP contribution is 2.16. The van der Waals surface area contributed by atoms with Crippen LogP contribution in [-0.2, 0) is 4.79 Å². The second kappa shape index (κ2) is 8.00. The Balaban J connectivity index is 0.00000220. The average Bonchev–Trinajstić information content (AvgIpc) is 2.47. The molecule has 0 radical (unpaired) electrons. The lowest BCUT2D eigenvalue weighted by atomic mass is 10.0. The molecule has 5 nitrogen and oxygen atoms in total. The Bertz CT molecular complexity index is 499. The first-order chi connectivity index (χ1) is 9.60. The van der Waals surface area contributed by atoms with Crippen molar-refractivity contribution in [2.45, 2.75) is 32.2 Å². The molecule has 0 aliphatic carbocycles. The predicted octanol–water partition coefficient (Wildman–Crippen LogP) is 2.02. The van der Waals surface area contributed by atoms with E-state index in [-0.39, 0.29) is 30.3 Å². The van der Waals surface area contributed by atoms with Gasteiger partial charge in [-0.1, -0.05) is 13.0 Å². The minimum absolute atomic E-state index is 0. The summed E-state index contributed by atoms with van der Waals surface area (Å²) < 4.78 is 0. The van der Waals surface area contributed by atoms with E-state index >= 15 is 0 Å². The maximum absolute atomic E-state index is 12.4. The van der Waals surface area contributed by atoms with E-state index in [0.717, 1.165) is 12.8 Å². The molecule has 0 atom stereocenters. The Labute approximate surface area is 131 Å². The molecule has 1 heterocycles. The molecule has 0 spiro atoms. The molecule has 3 N–H and O–H groups in total. The first-order valence-electron chi connectivity index (χ1n) is 7.05. The first-order valence-corrected chi connectivity index (χ1v) is 7.05. The number of anilines is 1. The van der Waals surface area contributed by atoms with Crippen molar-refractivity contribution in [3.63, 3.8) is 0 Å². The highest BCUT2D eigenvalue weighted by molar-refractivity contribution is 5.97. The van der Waals surface area contributed by atoms with Crippen LogP contribution in [0.15, 0.2) is 24.3 Å². The zero-order valence-electron chi connectivity index (χ0n) is 12.2. The zero-order valence-corrected chi connectivity index (χ0v) is 13.0. The van der Waals surface area contributed by atoms with Crippen LogP contribution in [0.4, 0.5) is 5.69 Å². The fourth-order valence-electron chi connectivity index (χ4n) is 2.26. The quantitative estimate of drug-likeness (QED) is 0.896. The summed E-state index contributed by atoms with van der Waals surface area (Å²) in [6, 6.07) is 7.28. The molecule has 116 valence electrons. The Morgan fingerprint density at radius 1 is 1.33 bits per heavy atom. The number of hydrogen-bond donors (Lipinski definition) is 2. The highest BCUT2D eigenvalue weighted by atomic mass is 35.5. The van der Waals surface area contributed by atoms with Crippen LogP contribution in [-0.4, -0.2) is 35.8 Å². The predicted molar refractivity (Wildman–Crippen MR) is 85.7 cm³/mol. The Hall–Kier alpha value is -1.59. The fourth-order valence-corrected chi connectivity index (χ4v) is 2.26. The molecule has 0 unspecified atom stereocenters. The number of piperidine rings is 1. The molecule has 0 saturated carbocycles. The topological polar surface area (TPSA) is 75.4 Å². The zero-order chi connectivity index (χ0) is 14.5. The third kappa shape index (κ3) is 4.72. The number of nitrogens with zero attached hydrogens (tertiary/aromatic N) is 1. The highest BCUT2D eigenvalue weighted by Gasteiger charge is 2.21. The van der Waals surface area contributed by atoms with Gasteiger partial charge in [0.1, 0.15) is 0 Å². The average molecular weight is 312 g/mol. The molecule has 1 aromatic carbocycles. The normalized spacial score (nSPS) is 15.2. The minimum atomic E-state index is -0.0569. The van der Waals surface area contributed by atoms with Crippen molar-refractivity contribution in [2.75, 3.05) is 18.4 Å². The van der Waals surface area contributed by atoms with Crippen LogP contribution >= 0.6 is 12.4 Å². The van der Waals surface area contributed by atoms with Gasteiger partial charge in [-0.05, 0) is 31.0 Å². The van der Waals surface area contributed by atoms with Gasteiger partial charge in [-0.3, -0.25) is 9.59 Å². The lowest BCUT2D eigenvalue weighted by Crippen LogP contribution is -2.42. The van der Waals surface area contributed by atoms with Crippen LogP contribution in [0, 0.1) is 0 Å². The molecule has 1 fully saturated rings. The summed E-state index contributed by atoms with van der Waals surface area (Å²) in [5.74, 6) is -0.0527. The maximum Gasteiger partial charge on any atom is 0.253 e. The van der Waals surface area contributed by atoms with Gasteiger partial charge in [-0.25, -0.2) is 0 Å². The number of nitrogens with two attached hydrogens (primary N) is 1. The molecule has 1 aromatic rings. The number of amides is 2. The summed E-state index contributed by atoms with van der Waals surface area (Å²) in [6.45, 7) is 3.19. The van der Waals surface area contributed by atoms with Crippen LogP contribution in [0.2, 0.25) is 0 Å². The van der Waals surface area contributed by atoms with Crippen molar-refractivity contribution in [3.05, 3.63) is 29.8 Å². The van der Waals surface area contributed by atoms with Gasteiger partial charge in [0.15, 0.2) is 0 Å². The lowest BCUT2D eigenvalue weighted by Gasteiger charge is -2.30. The largest absolute Gasteiger partial charge is 0.339 e. The standard InChI is InChI=1S/C15H21N3O2.ClH/c1-2-14(19)17-13-5-3-4-11(10-13)15(20)18-8-6-12(16)7-9-18;/h3-5,10,12H,2,6-9,16H2,1H3,(H,17,19);1H. The van der Waals surface area contributed by atoms with Crippen LogP contribution in [0.1, 0.15) is 36.5 Å². The smallest absolute Gasteiger partial charge is 0.253 e. The van der Waals surface area contributed by atoms with Gasteiger partial charge in [-0.15, -0.1) is 12.4 Å². The van der Waals surface area contributed by atoms with Gasteiger partial charge in [0.2, 0.25) is 5.91 Å². The monoisotopic (exact) mass is 311 g/mol. The third-order valence-corrected chi connectivity index (χ3v) is 3.54. The summed E-state index contributed by atoms with van der Waals surface area (Å²) in [5.41, 5.74) is 7.11. The number of hydrogen-bond acceptors (Lipinski definition) is 3. The van der Waals surface area contributed by atoms with Crippen molar-refractivity contribution in [2.24, 2.45) is 5.73 Å². The second-order valence-corrected chi connectivity index (χ2v) is 5.11. The molecule has 0 aromatic heterocycles. The van der Waals surface area contributed by atoms with Crippen LogP contribution < -0.4 is 11.1 Å². The summed E-state index contributed by atoms with van der Waals surface area (Å²) >= 11 is 0. The number of rotatable bonds is 3. The summed E-state index contributed by atoms with van der Waals surface area (Å²) in [5, 5.41) is 2.77. The molecular formula is C15H22ClN3O2. The number of likely N-dealkylation sites (tertiary alicyclic amines) is 1. The number of nitrogens with one attached hydrogen (secondary N) is 1. The van der Waals surface area contributed by atoms with Gasteiger partial charge in [0.25, 0.3) is 5.91 Å². The Kier molecular flexibility index (Phi) is 6.65. The van der Waals surface area contributed by atoms with E-state index in [1.165, 1.54) is 0 Å². The Morgan fingerprint density at radius 2 is 2.00 bits per heavy atom. The van der Waals surface area contributed by atoms with Crippen LogP contribution in [0.3, 0.4) is 0 Å². The molecule has 6 heteroatoms. The van der Waals surface area contributed by atoms with E-state index in [1.807, 2.05) is 4.90 Å². The van der Waals surface area contributed by atoms with Crippen molar-refractivity contribution in [3.8, 4) is 0 Å². The number of carbonyl (C=O) groups excluding carboxylic acids is 2. The lowest BCUT2D eigenvalue weighted by molar-refractivity contribution is -0.115. The summed E-state index contributed by atoms with van der Waals surface area (Å²) in [6.07, 6.45) is 2.11. The molecular weight excluding hydrogens is 290 g/mol. The van der Waals surface area contributed by atoms with Gasteiger partial charge in [-0.2, -0.15) is 0 Å². The van der Waals surface area contributed by atoms with Crippen molar-refractivity contribution in [1.82, 2.24) is 4.90 Å². The molecule has 1 aliphatic rings. The summed E-state index contributed by atoms with van der Waals surface area (Å²) in [7, 11) is 0. The van der Waals surface area contributed by atoms with Gasteiger partial charge in [0, 0.05) is 36.8 Å². The van der Waals surface area contributed by atoms with Crippen LogP contribution in [0.25, 0.3) is 0 Å². The molecule has 21 heavy (non-hydrogen) atoms. The molecule has 0 bridgehead atoms. The van der Waals surface area contributed by atoms with E-state index in [2.05, 4.69) is 5.32 Å². The fraction of sp³-hybridized carbons (Fsp3) is 0.467. The van der Waals surface area contributed by atoms with E-state index in [1.54, 1.807) is 31.2 Å². The Morgan fingerprint density at radius 3 is 2.62 bits per heavy atom. The molecule has 1 saturated heterocycles. The van der Waals surface area contributed by atoms with Crippen molar-refractivity contribution in [1.29, 1.82) is 0 Å². The number of halogens is 1. The first kappa shape index (κ1) is 17.5. The minimum Gasteiger partial charge on any atom is -0.339 e. The van der Waals surface area contributed by atoms with E-state index in [9.17, 15) is 9.59 Å². The SMILES string of the molecule is CCC(=O)Nc1cccc(C(=O)N2CCC(N)CC2)c1.Cl. The van der Waals surface area contributed by atoms with Gasteiger partial charge in [0.05, 0.1) is 0 Å². The molecule has 1 aliphatic heterocycles. The van der Waals surface area contributed by atoms with E-state index in [4.69, 9.17) is 5.73 Å². The van der Waals surface area contributed by atoms with Crippen molar-refractivity contribution >= 4 is 29.9 Å². The summed E-state index contributed by atoms with van der Waals surface area (Å²) in [4.78, 5) is 25.6. The van der Waals surface area contributed by atoms with Gasteiger partial charge < -0.3 is 16.0 Å². The van der Waals surface area contributed by atoms with Crippen molar-refractivity contribution < 1.29 is 9.59 Å². The number of carbonyl (C=O) groups is 2. The third-order valence-electron chi connectivity index (χ3n) is 3.54. The molecule has 2 amide bonds. The second-order valence-electron chi connectivity index (χ2n) is 5.11. The number of benzene rings is 1. The van der Waals surface area contributed by atoms with Crippen LogP contribution in [0.5, 0.6) is 0 Å². The molecule has 2 rings (SSSR count). The van der Waals surface area contributed by atoms with E-state index in [0.29, 0.717) is 30.8 Å².